The smallest absolute Gasteiger partial charge is 0.0636 e. The minimum Gasteiger partial charge on any atom is -0.392 e. The lowest BCUT2D eigenvalue weighted by atomic mass is 10.2. The molecule has 0 aliphatic carbocycles. The average Bonchev–Trinajstić information content (AvgIpc) is 2.51. The van der Waals surface area contributed by atoms with Crippen LogP contribution in [0, 0.1) is 0 Å². The van der Waals surface area contributed by atoms with Crippen molar-refractivity contribution in [3.63, 3.8) is 0 Å². The van der Waals surface area contributed by atoms with Crippen LogP contribution in [0.3, 0.4) is 0 Å². The Bertz CT molecular complexity index is 208. The predicted octanol–water partition coefficient (Wildman–Crippen LogP) is 1.78. The Balaban J connectivity index is 2.34. The molecular formula is C9H15NOS. The average molecular weight is 185 g/mol. The first-order valence-electron chi connectivity index (χ1n) is 4.15. The Morgan fingerprint density at radius 1 is 1.58 bits per heavy atom. The van der Waals surface area contributed by atoms with Crippen LogP contribution >= 0.6 is 11.3 Å². The lowest BCUT2D eigenvalue weighted by molar-refractivity contribution is 0.187. The van der Waals surface area contributed by atoms with Crippen LogP contribution in [-0.4, -0.2) is 17.8 Å². The summed E-state index contributed by atoms with van der Waals surface area (Å²) in [6.07, 6.45) is -0.271. The molecule has 1 rings (SSSR count). The van der Waals surface area contributed by atoms with Crippen molar-refractivity contribution in [2.24, 2.45) is 0 Å². The first-order chi connectivity index (χ1) is 5.70. The van der Waals surface area contributed by atoms with Crippen molar-refractivity contribution in [2.45, 2.75) is 26.0 Å². The molecule has 2 N–H and O–H groups in total. The number of aliphatic hydroxyl groups is 1. The van der Waals surface area contributed by atoms with E-state index in [1.165, 1.54) is 4.88 Å². The van der Waals surface area contributed by atoms with Crippen molar-refractivity contribution < 1.29 is 5.11 Å². The number of thiophene rings is 1. The largest absolute Gasteiger partial charge is 0.392 e. The van der Waals surface area contributed by atoms with Gasteiger partial charge < -0.3 is 10.4 Å². The topological polar surface area (TPSA) is 32.3 Å². The molecule has 3 heteroatoms. The molecule has 2 nitrogen and oxygen atoms in total. The van der Waals surface area contributed by atoms with Gasteiger partial charge in [-0.3, -0.25) is 0 Å². The van der Waals surface area contributed by atoms with E-state index < -0.39 is 0 Å². The van der Waals surface area contributed by atoms with E-state index in [9.17, 15) is 0 Å². The van der Waals surface area contributed by atoms with E-state index in [-0.39, 0.29) is 6.10 Å². The summed E-state index contributed by atoms with van der Waals surface area (Å²) in [4.78, 5) is 1.32. The van der Waals surface area contributed by atoms with Gasteiger partial charge in [-0.25, -0.2) is 0 Å². The van der Waals surface area contributed by atoms with Crippen molar-refractivity contribution >= 4 is 11.3 Å². The van der Waals surface area contributed by atoms with Gasteiger partial charge in [-0.05, 0) is 25.3 Å². The molecule has 0 fully saturated rings. The van der Waals surface area contributed by atoms with E-state index in [1.807, 2.05) is 6.07 Å². The zero-order valence-electron chi connectivity index (χ0n) is 7.45. The summed E-state index contributed by atoms with van der Waals surface area (Å²) in [5.74, 6) is 0. The number of nitrogens with one attached hydrogen (secondary N) is 1. The summed E-state index contributed by atoms with van der Waals surface area (Å²) in [7, 11) is 0. The van der Waals surface area contributed by atoms with Crippen LogP contribution in [0.15, 0.2) is 17.5 Å². The molecule has 12 heavy (non-hydrogen) atoms. The SMILES string of the molecule is C[C@@H](O)CN[C@H](C)c1cccs1. The van der Waals surface area contributed by atoms with Crippen molar-refractivity contribution in [1.29, 1.82) is 0 Å². The van der Waals surface area contributed by atoms with E-state index in [4.69, 9.17) is 5.11 Å². The van der Waals surface area contributed by atoms with Gasteiger partial charge in [-0.1, -0.05) is 6.07 Å². The molecule has 0 saturated heterocycles. The molecule has 1 aromatic heterocycles. The third-order valence-corrected chi connectivity index (χ3v) is 2.74. The van der Waals surface area contributed by atoms with Gasteiger partial charge in [0.1, 0.15) is 0 Å². The first kappa shape index (κ1) is 9.71. The molecule has 0 aliphatic heterocycles. The molecular weight excluding hydrogens is 170 g/mol. The summed E-state index contributed by atoms with van der Waals surface area (Å²) < 4.78 is 0. The van der Waals surface area contributed by atoms with Crippen LogP contribution in [0.4, 0.5) is 0 Å². The van der Waals surface area contributed by atoms with Crippen molar-refractivity contribution in [2.75, 3.05) is 6.54 Å². The summed E-state index contributed by atoms with van der Waals surface area (Å²) in [5.41, 5.74) is 0. The molecule has 0 amide bonds. The van der Waals surface area contributed by atoms with Gasteiger partial charge in [0.2, 0.25) is 0 Å². The second-order valence-corrected chi connectivity index (χ2v) is 3.97. The monoisotopic (exact) mass is 185 g/mol. The maximum atomic E-state index is 9.04. The maximum absolute atomic E-state index is 9.04. The number of aliphatic hydroxyl groups excluding tert-OH is 1. The molecule has 0 aromatic carbocycles. The molecule has 0 bridgehead atoms. The minimum atomic E-state index is -0.271. The molecule has 0 radical (unpaired) electrons. The molecule has 68 valence electrons. The van der Waals surface area contributed by atoms with E-state index >= 15 is 0 Å². The first-order valence-corrected chi connectivity index (χ1v) is 5.03. The Kier molecular flexibility index (Phi) is 3.72. The lowest BCUT2D eigenvalue weighted by Crippen LogP contribution is -2.26. The van der Waals surface area contributed by atoms with Gasteiger partial charge in [0, 0.05) is 17.5 Å². The highest BCUT2D eigenvalue weighted by Crippen LogP contribution is 2.17. The van der Waals surface area contributed by atoms with Crippen LogP contribution in [0.25, 0.3) is 0 Å². The van der Waals surface area contributed by atoms with Crippen LogP contribution in [0.2, 0.25) is 0 Å². The standard InChI is InChI=1S/C9H15NOS/c1-7(11)6-10-8(2)9-4-3-5-12-9/h3-5,7-8,10-11H,6H2,1-2H3/t7-,8-/m1/s1. The van der Waals surface area contributed by atoms with E-state index in [0.717, 1.165) is 0 Å². The van der Waals surface area contributed by atoms with Gasteiger partial charge in [-0.15, -0.1) is 11.3 Å². The van der Waals surface area contributed by atoms with Crippen LogP contribution < -0.4 is 5.32 Å². The van der Waals surface area contributed by atoms with Crippen LogP contribution in [0.1, 0.15) is 24.8 Å². The Morgan fingerprint density at radius 3 is 2.83 bits per heavy atom. The van der Waals surface area contributed by atoms with Crippen molar-refractivity contribution in [3.05, 3.63) is 22.4 Å². The van der Waals surface area contributed by atoms with Gasteiger partial charge in [0.05, 0.1) is 6.10 Å². The Labute approximate surface area is 77.2 Å². The Hall–Kier alpha value is -0.380. The van der Waals surface area contributed by atoms with Crippen LogP contribution in [0.5, 0.6) is 0 Å². The summed E-state index contributed by atoms with van der Waals surface area (Å²) in [6, 6.07) is 4.49. The van der Waals surface area contributed by atoms with Crippen molar-refractivity contribution in [1.82, 2.24) is 5.32 Å². The number of rotatable bonds is 4. The normalized spacial score (nSPS) is 15.9. The quantitative estimate of drug-likeness (QED) is 0.749. The fourth-order valence-corrected chi connectivity index (χ4v) is 1.74. The van der Waals surface area contributed by atoms with Crippen molar-refractivity contribution in [3.8, 4) is 0 Å². The highest BCUT2D eigenvalue weighted by atomic mass is 32.1. The highest BCUT2D eigenvalue weighted by Gasteiger charge is 2.05. The molecule has 0 aliphatic rings. The molecule has 1 heterocycles. The second-order valence-electron chi connectivity index (χ2n) is 2.99. The van der Waals surface area contributed by atoms with E-state index in [0.29, 0.717) is 12.6 Å². The fourth-order valence-electron chi connectivity index (χ4n) is 0.986. The van der Waals surface area contributed by atoms with E-state index in [1.54, 1.807) is 18.3 Å². The molecule has 2 atom stereocenters. The predicted molar refractivity (Wildman–Crippen MR) is 52.4 cm³/mol. The molecule has 0 unspecified atom stereocenters. The third-order valence-electron chi connectivity index (χ3n) is 1.69. The Morgan fingerprint density at radius 2 is 2.33 bits per heavy atom. The number of hydrogen-bond donors (Lipinski definition) is 2. The second kappa shape index (κ2) is 4.60. The summed E-state index contributed by atoms with van der Waals surface area (Å²) in [5, 5.41) is 14.3. The van der Waals surface area contributed by atoms with Gasteiger partial charge >= 0.3 is 0 Å². The minimum absolute atomic E-state index is 0.271. The van der Waals surface area contributed by atoms with Gasteiger partial charge in [0.15, 0.2) is 0 Å². The summed E-state index contributed by atoms with van der Waals surface area (Å²) in [6.45, 7) is 4.54. The van der Waals surface area contributed by atoms with Gasteiger partial charge in [0.25, 0.3) is 0 Å². The highest BCUT2D eigenvalue weighted by molar-refractivity contribution is 7.10. The lowest BCUT2D eigenvalue weighted by Gasteiger charge is -2.12. The maximum Gasteiger partial charge on any atom is 0.0636 e. The molecule has 0 saturated carbocycles. The molecule has 0 spiro atoms. The van der Waals surface area contributed by atoms with E-state index in [2.05, 4.69) is 23.7 Å². The summed E-state index contributed by atoms with van der Waals surface area (Å²) >= 11 is 1.74. The number of hydrogen-bond acceptors (Lipinski definition) is 3. The van der Waals surface area contributed by atoms with Gasteiger partial charge in [-0.2, -0.15) is 0 Å². The third kappa shape index (κ3) is 2.93. The van der Waals surface area contributed by atoms with Crippen LogP contribution in [-0.2, 0) is 0 Å². The fraction of sp³-hybridized carbons (Fsp3) is 0.556. The molecule has 1 aromatic rings. The zero-order chi connectivity index (χ0) is 8.97. The zero-order valence-corrected chi connectivity index (χ0v) is 8.27.